The van der Waals surface area contributed by atoms with Crippen LogP contribution in [0.15, 0.2) is 40.3 Å². The number of nitrogens with one attached hydrogen (secondary N) is 2. The summed E-state index contributed by atoms with van der Waals surface area (Å²) in [6, 6.07) is 1.28. The number of aromatic amines is 1. The van der Waals surface area contributed by atoms with E-state index in [4.69, 9.17) is 0 Å². The number of anilines is 1. The standard InChI is InChI=1S/C10H7BrN4O2/c11-8-4-14-9(5-13-8)15-10(17)6-3-12-2-1-7(6)16/h1-5H,(H,12,16)(H,14,15,17). The number of nitrogens with zero attached hydrogens (tertiary/aromatic N) is 2. The van der Waals surface area contributed by atoms with E-state index >= 15 is 0 Å². The van der Waals surface area contributed by atoms with E-state index < -0.39 is 5.91 Å². The molecule has 0 unspecified atom stereocenters. The molecule has 17 heavy (non-hydrogen) atoms. The van der Waals surface area contributed by atoms with Gasteiger partial charge >= 0.3 is 0 Å². The third kappa shape index (κ3) is 2.76. The minimum Gasteiger partial charge on any atom is -0.367 e. The largest absolute Gasteiger partial charge is 0.367 e. The lowest BCUT2D eigenvalue weighted by atomic mass is 10.2. The Balaban J connectivity index is 2.20. The van der Waals surface area contributed by atoms with Crippen LogP contribution in [0.25, 0.3) is 0 Å². The van der Waals surface area contributed by atoms with Crippen LogP contribution < -0.4 is 10.7 Å². The highest BCUT2D eigenvalue weighted by Crippen LogP contribution is 2.06. The Morgan fingerprint density at radius 3 is 2.82 bits per heavy atom. The molecule has 0 aliphatic rings. The van der Waals surface area contributed by atoms with E-state index in [-0.39, 0.29) is 16.8 Å². The van der Waals surface area contributed by atoms with Gasteiger partial charge in [-0.3, -0.25) is 9.59 Å². The third-order valence-electron chi connectivity index (χ3n) is 1.93. The second-order valence-electron chi connectivity index (χ2n) is 3.10. The van der Waals surface area contributed by atoms with E-state index in [1.807, 2.05) is 0 Å². The number of carbonyl (C=O) groups is 1. The summed E-state index contributed by atoms with van der Waals surface area (Å²) in [7, 11) is 0. The van der Waals surface area contributed by atoms with Gasteiger partial charge in [0.25, 0.3) is 5.91 Å². The highest BCUT2D eigenvalue weighted by atomic mass is 79.9. The molecule has 0 bridgehead atoms. The summed E-state index contributed by atoms with van der Waals surface area (Å²) in [5.74, 6) is -0.245. The number of pyridine rings is 1. The molecule has 2 aromatic rings. The molecular formula is C10H7BrN4O2. The quantitative estimate of drug-likeness (QED) is 0.871. The van der Waals surface area contributed by atoms with Crippen molar-refractivity contribution in [3.63, 3.8) is 0 Å². The Morgan fingerprint density at radius 2 is 2.18 bits per heavy atom. The van der Waals surface area contributed by atoms with Crippen molar-refractivity contribution in [1.82, 2.24) is 15.0 Å². The van der Waals surface area contributed by atoms with Gasteiger partial charge in [0.15, 0.2) is 11.2 Å². The topological polar surface area (TPSA) is 87.7 Å². The van der Waals surface area contributed by atoms with E-state index in [2.05, 4.69) is 36.2 Å². The molecule has 0 radical (unpaired) electrons. The zero-order chi connectivity index (χ0) is 12.3. The van der Waals surface area contributed by atoms with Crippen molar-refractivity contribution in [2.75, 3.05) is 5.32 Å². The van der Waals surface area contributed by atoms with Gasteiger partial charge in [-0.15, -0.1) is 0 Å². The predicted octanol–water partition coefficient (Wildman–Crippen LogP) is 1.18. The number of aromatic nitrogens is 3. The molecule has 0 saturated heterocycles. The SMILES string of the molecule is O=C(Nc1cnc(Br)cn1)c1c[nH]ccc1=O. The van der Waals surface area contributed by atoms with Crippen LogP contribution in [0.3, 0.4) is 0 Å². The molecule has 2 aromatic heterocycles. The molecular weight excluding hydrogens is 288 g/mol. The Bertz CT molecular complexity index is 594. The van der Waals surface area contributed by atoms with E-state index in [0.29, 0.717) is 4.60 Å². The van der Waals surface area contributed by atoms with Crippen molar-refractivity contribution in [3.05, 3.63) is 51.2 Å². The molecule has 2 N–H and O–H groups in total. The maximum absolute atomic E-state index is 11.7. The monoisotopic (exact) mass is 294 g/mol. The van der Waals surface area contributed by atoms with Crippen LogP contribution in [0, 0.1) is 0 Å². The number of carbonyl (C=O) groups excluding carboxylic acids is 1. The van der Waals surface area contributed by atoms with Gasteiger partial charge in [-0.2, -0.15) is 0 Å². The average molecular weight is 295 g/mol. The van der Waals surface area contributed by atoms with Crippen LogP contribution in [0.5, 0.6) is 0 Å². The van der Waals surface area contributed by atoms with Gasteiger partial charge in [0.2, 0.25) is 0 Å². The van der Waals surface area contributed by atoms with E-state index in [1.54, 1.807) is 0 Å². The van der Waals surface area contributed by atoms with Crippen molar-refractivity contribution in [2.24, 2.45) is 0 Å². The van der Waals surface area contributed by atoms with Crippen LogP contribution in [0.1, 0.15) is 10.4 Å². The number of H-pyrrole nitrogens is 1. The molecule has 86 valence electrons. The number of amides is 1. The van der Waals surface area contributed by atoms with Gasteiger partial charge in [0, 0.05) is 18.5 Å². The van der Waals surface area contributed by atoms with Crippen LogP contribution in [0.4, 0.5) is 5.82 Å². The van der Waals surface area contributed by atoms with Gasteiger partial charge in [-0.25, -0.2) is 9.97 Å². The lowest BCUT2D eigenvalue weighted by Crippen LogP contribution is -2.21. The fraction of sp³-hybridized carbons (Fsp3) is 0. The summed E-state index contributed by atoms with van der Waals surface area (Å²) >= 11 is 3.13. The first-order valence-electron chi connectivity index (χ1n) is 4.63. The molecule has 1 amide bonds. The first-order valence-corrected chi connectivity index (χ1v) is 5.42. The smallest absolute Gasteiger partial charge is 0.262 e. The predicted molar refractivity (Wildman–Crippen MR) is 64.7 cm³/mol. The summed E-state index contributed by atoms with van der Waals surface area (Å²) in [6.07, 6.45) is 5.63. The normalized spacial score (nSPS) is 9.94. The van der Waals surface area contributed by atoms with E-state index in [0.717, 1.165) is 0 Å². The molecule has 7 heteroatoms. The van der Waals surface area contributed by atoms with Crippen LogP contribution in [0.2, 0.25) is 0 Å². The summed E-state index contributed by atoms with van der Waals surface area (Å²) in [5.41, 5.74) is -0.330. The highest BCUT2D eigenvalue weighted by molar-refractivity contribution is 9.10. The fourth-order valence-electron chi connectivity index (χ4n) is 1.15. The average Bonchev–Trinajstić information content (AvgIpc) is 2.32. The molecule has 2 rings (SSSR count). The molecule has 0 saturated carbocycles. The minimum absolute atomic E-state index is 0.0252. The van der Waals surface area contributed by atoms with Crippen molar-refractivity contribution in [3.8, 4) is 0 Å². The zero-order valence-electron chi connectivity index (χ0n) is 8.48. The van der Waals surface area contributed by atoms with Gasteiger partial charge in [0.05, 0.1) is 12.4 Å². The van der Waals surface area contributed by atoms with Gasteiger partial charge in [-0.05, 0) is 15.9 Å². The van der Waals surface area contributed by atoms with Crippen molar-refractivity contribution >= 4 is 27.7 Å². The third-order valence-corrected chi connectivity index (χ3v) is 2.34. The molecule has 0 aliphatic carbocycles. The van der Waals surface area contributed by atoms with Gasteiger partial charge < -0.3 is 10.3 Å². The summed E-state index contributed by atoms with van der Waals surface area (Å²) in [4.78, 5) is 33.6. The number of hydrogen-bond donors (Lipinski definition) is 2. The van der Waals surface area contributed by atoms with Crippen LogP contribution in [-0.2, 0) is 0 Å². The Labute approximate surface area is 104 Å². The molecule has 0 atom stereocenters. The summed E-state index contributed by atoms with van der Waals surface area (Å²) in [6.45, 7) is 0. The number of hydrogen-bond acceptors (Lipinski definition) is 4. The summed E-state index contributed by atoms with van der Waals surface area (Å²) in [5, 5.41) is 2.47. The Morgan fingerprint density at radius 1 is 1.35 bits per heavy atom. The Hall–Kier alpha value is -2.02. The summed E-state index contributed by atoms with van der Waals surface area (Å²) < 4.78 is 0.563. The molecule has 0 fully saturated rings. The van der Waals surface area contributed by atoms with Gasteiger partial charge in [0.1, 0.15) is 10.2 Å². The lowest BCUT2D eigenvalue weighted by molar-refractivity contribution is 0.102. The molecule has 2 heterocycles. The Kier molecular flexibility index (Phi) is 3.29. The second kappa shape index (κ2) is 4.88. The second-order valence-corrected chi connectivity index (χ2v) is 3.91. The van der Waals surface area contributed by atoms with Crippen LogP contribution in [-0.4, -0.2) is 20.9 Å². The maximum Gasteiger partial charge on any atom is 0.262 e. The minimum atomic E-state index is -0.525. The number of halogens is 1. The molecule has 0 spiro atoms. The maximum atomic E-state index is 11.7. The molecule has 0 aliphatic heterocycles. The highest BCUT2D eigenvalue weighted by Gasteiger charge is 2.10. The molecule has 0 aromatic carbocycles. The van der Waals surface area contributed by atoms with Gasteiger partial charge in [-0.1, -0.05) is 0 Å². The first kappa shape index (κ1) is 11.5. The molecule has 6 nitrogen and oxygen atoms in total. The lowest BCUT2D eigenvalue weighted by Gasteiger charge is -2.02. The zero-order valence-corrected chi connectivity index (χ0v) is 10.1. The van der Waals surface area contributed by atoms with E-state index in [9.17, 15) is 9.59 Å². The van der Waals surface area contributed by atoms with E-state index in [1.165, 1.54) is 30.9 Å². The first-order chi connectivity index (χ1) is 8.16. The van der Waals surface area contributed by atoms with Crippen molar-refractivity contribution in [2.45, 2.75) is 0 Å². The fourth-order valence-corrected chi connectivity index (χ4v) is 1.36. The number of rotatable bonds is 2. The van der Waals surface area contributed by atoms with Crippen molar-refractivity contribution in [1.29, 1.82) is 0 Å². The van der Waals surface area contributed by atoms with Crippen molar-refractivity contribution < 1.29 is 4.79 Å². The van der Waals surface area contributed by atoms with Crippen LogP contribution >= 0.6 is 15.9 Å².